The molecule has 180 valence electrons. The van der Waals surface area contributed by atoms with Crippen LogP contribution in [0.3, 0.4) is 0 Å². The van der Waals surface area contributed by atoms with Crippen LogP contribution in [0.15, 0.2) is 53.4 Å². The van der Waals surface area contributed by atoms with Gasteiger partial charge in [-0.25, -0.2) is 18.4 Å². The zero-order valence-electron chi connectivity index (χ0n) is 19.2. The third-order valence-electron chi connectivity index (χ3n) is 6.65. The fourth-order valence-electron chi connectivity index (χ4n) is 4.65. The van der Waals surface area contributed by atoms with Crippen LogP contribution in [-0.4, -0.2) is 54.8 Å². The summed E-state index contributed by atoms with van der Waals surface area (Å²) in [6.45, 7) is 2.26. The van der Waals surface area contributed by atoms with E-state index in [1.807, 2.05) is 30.3 Å². The second-order valence-electron chi connectivity index (χ2n) is 8.88. The Bertz CT molecular complexity index is 1390. The number of benzene rings is 2. The first kappa shape index (κ1) is 23.2. The Morgan fingerprint density at radius 3 is 2.20 bits per heavy atom. The van der Waals surface area contributed by atoms with Crippen LogP contribution >= 0.6 is 0 Å². The van der Waals surface area contributed by atoms with Gasteiger partial charge in [-0.05, 0) is 62.1 Å². The van der Waals surface area contributed by atoms with Gasteiger partial charge in [-0.1, -0.05) is 12.1 Å². The number of sulfonamides is 1. The van der Waals surface area contributed by atoms with Crippen molar-refractivity contribution in [2.24, 2.45) is 5.92 Å². The maximum atomic E-state index is 13.2. The van der Waals surface area contributed by atoms with E-state index in [1.54, 1.807) is 0 Å². The van der Waals surface area contributed by atoms with Crippen molar-refractivity contribution < 1.29 is 13.2 Å². The second-order valence-corrected chi connectivity index (χ2v) is 10.8. The smallest absolute Gasteiger partial charge is 0.243 e. The van der Waals surface area contributed by atoms with E-state index in [-0.39, 0.29) is 29.8 Å². The molecule has 0 atom stereocenters. The fourth-order valence-corrected chi connectivity index (χ4v) is 6.12. The molecule has 0 saturated carbocycles. The summed E-state index contributed by atoms with van der Waals surface area (Å²) in [6, 6.07) is 15.5. The quantitative estimate of drug-likeness (QED) is 0.583. The highest BCUT2D eigenvalue weighted by Gasteiger charge is 2.33. The van der Waals surface area contributed by atoms with E-state index in [1.165, 1.54) is 28.6 Å². The molecular weight excluding hydrogens is 464 g/mol. The minimum absolute atomic E-state index is 0.154. The first-order chi connectivity index (χ1) is 17.0. The summed E-state index contributed by atoms with van der Waals surface area (Å²) in [7, 11) is -3.67. The fraction of sp³-hybridized carbons (Fsp3) is 0.360. The molecule has 1 amide bonds. The Kier molecular flexibility index (Phi) is 6.36. The molecule has 0 aliphatic carbocycles. The van der Waals surface area contributed by atoms with Crippen molar-refractivity contribution in [2.45, 2.75) is 30.6 Å². The lowest BCUT2D eigenvalue weighted by Crippen LogP contribution is -2.41. The minimum Gasteiger partial charge on any atom is -0.354 e. The van der Waals surface area contributed by atoms with Gasteiger partial charge in [-0.3, -0.25) is 4.79 Å². The molecule has 0 unspecified atom stereocenters. The van der Waals surface area contributed by atoms with Gasteiger partial charge in [0.05, 0.1) is 27.6 Å². The molecule has 3 aromatic rings. The Hall–Kier alpha value is -3.55. The van der Waals surface area contributed by atoms with Crippen molar-refractivity contribution in [1.29, 1.82) is 5.26 Å². The largest absolute Gasteiger partial charge is 0.354 e. The number of nitrogens with zero attached hydrogens (tertiary/aromatic N) is 5. The second kappa shape index (κ2) is 9.60. The number of rotatable bonds is 5. The van der Waals surface area contributed by atoms with Gasteiger partial charge < -0.3 is 10.2 Å². The number of nitriles is 1. The Balaban J connectivity index is 1.29. The van der Waals surface area contributed by atoms with Crippen LogP contribution in [0.5, 0.6) is 0 Å². The van der Waals surface area contributed by atoms with Crippen molar-refractivity contribution in [2.75, 3.05) is 36.4 Å². The summed E-state index contributed by atoms with van der Waals surface area (Å²) >= 11 is 0. The number of amides is 1. The standard InChI is InChI=1S/C25H26N6O3S/c26-17-18-7-9-20(10-8-18)35(33,34)31-15-11-19(12-16-31)25(32)29-23-24(30-13-3-4-14-30)28-22-6-2-1-5-21(22)27-23/h1-2,5-10,19H,3-4,11-16H2,(H,27,29,32). The van der Waals surface area contributed by atoms with Crippen molar-refractivity contribution in [3.8, 4) is 6.07 Å². The van der Waals surface area contributed by atoms with Crippen LogP contribution in [0, 0.1) is 17.2 Å². The lowest BCUT2D eigenvalue weighted by molar-refractivity contribution is -0.120. The molecule has 0 bridgehead atoms. The van der Waals surface area contributed by atoms with E-state index < -0.39 is 10.0 Å². The van der Waals surface area contributed by atoms with Crippen LogP contribution in [0.25, 0.3) is 11.0 Å². The van der Waals surface area contributed by atoms with Crippen LogP contribution < -0.4 is 10.2 Å². The van der Waals surface area contributed by atoms with Crippen molar-refractivity contribution >= 4 is 38.6 Å². The van der Waals surface area contributed by atoms with E-state index in [0.717, 1.165) is 31.4 Å². The molecule has 3 heterocycles. The molecule has 10 heteroatoms. The van der Waals surface area contributed by atoms with Crippen LogP contribution in [0.2, 0.25) is 0 Å². The lowest BCUT2D eigenvalue weighted by Gasteiger charge is -2.30. The molecule has 2 aromatic carbocycles. The molecule has 2 aliphatic heterocycles. The number of para-hydroxylation sites is 2. The third-order valence-corrected chi connectivity index (χ3v) is 8.56. The normalized spacial score (nSPS) is 17.4. The van der Waals surface area contributed by atoms with Gasteiger partial charge in [0.25, 0.3) is 0 Å². The van der Waals surface area contributed by atoms with E-state index in [2.05, 4.69) is 10.2 Å². The number of anilines is 2. The van der Waals surface area contributed by atoms with Crippen molar-refractivity contribution in [3.05, 3.63) is 54.1 Å². The van der Waals surface area contributed by atoms with Crippen LogP contribution in [0.1, 0.15) is 31.2 Å². The van der Waals surface area contributed by atoms with E-state index in [9.17, 15) is 13.2 Å². The summed E-state index contributed by atoms with van der Waals surface area (Å²) in [5.74, 6) is 0.672. The highest BCUT2D eigenvalue weighted by Crippen LogP contribution is 2.30. The highest BCUT2D eigenvalue weighted by molar-refractivity contribution is 7.89. The molecular formula is C25H26N6O3S. The first-order valence-corrected chi connectivity index (χ1v) is 13.2. The maximum absolute atomic E-state index is 13.2. The number of aromatic nitrogens is 2. The summed E-state index contributed by atoms with van der Waals surface area (Å²) in [6.07, 6.45) is 2.99. The monoisotopic (exact) mass is 490 g/mol. The lowest BCUT2D eigenvalue weighted by atomic mass is 9.97. The predicted octanol–water partition coefficient (Wildman–Crippen LogP) is 3.14. The molecule has 0 radical (unpaired) electrons. The summed E-state index contributed by atoms with van der Waals surface area (Å²) in [5.41, 5.74) is 1.91. The molecule has 1 N–H and O–H groups in total. The van der Waals surface area contributed by atoms with Crippen LogP contribution in [0.4, 0.5) is 11.6 Å². The van der Waals surface area contributed by atoms with Gasteiger partial charge in [-0.15, -0.1) is 0 Å². The predicted molar refractivity (Wildman–Crippen MR) is 132 cm³/mol. The SMILES string of the molecule is N#Cc1ccc(S(=O)(=O)N2CCC(C(=O)Nc3nc4ccccc4nc3N3CCCC3)CC2)cc1. The summed E-state index contributed by atoms with van der Waals surface area (Å²) < 4.78 is 27.4. The Labute approximate surface area is 204 Å². The first-order valence-electron chi connectivity index (χ1n) is 11.8. The zero-order valence-corrected chi connectivity index (χ0v) is 20.0. The van der Waals surface area contributed by atoms with E-state index >= 15 is 0 Å². The average molecular weight is 491 g/mol. The molecule has 2 aliphatic rings. The van der Waals surface area contributed by atoms with E-state index in [0.29, 0.717) is 35.6 Å². The molecule has 1 aromatic heterocycles. The number of hydrogen-bond acceptors (Lipinski definition) is 7. The third kappa shape index (κ3) is 4.70. The molecule has 35 heavy (non-hydrogen) atoms. The van der Waals surface area contributed by atoms with Gasteiger partial charge in [0.15, 0.2) is 11.6 Å². The topological polar surface area (TPSA) is 119 Å². The number of carbonyl (C=O) groups excluding carboxylic acids is 1. The van der Waals surface area contributed by atoms with Gasteiger partial charge in [-0.2, -0.15) is 9.57 Å². The van der Waals surface area contributed by atoms with Gasteiger partial charge in [0.2, 0.25) is 15.9 Å². The number of piperidine rings is 1. The maximum Gasteiger partial charge on any atom is 0.243 e. The Morgan fingerprint density at radius 1 is 0.943 bits per heavy atom. The number of nitrogens with one attached hydrogen (secondary N) is 1. The van der Waals surface area contributed by atoms with Gasteiger partial charge >= 0.3 is 0 Å². The number of carbonyl (C=O) groups is 1. The molecule has 2 fully saturated rings. The molecule has 2 saturated heterocycles. The summed E-state index contributed by atoms with van der Waals surface area (Å²) in [4.78, 5) is 25.0. The zero-order chi connectivity index (χ0) is 24.4. The minimum atomic E-state index is -3.67. The number of fused-ring (bicyclic) bond motifs is 1. The molecule has 9 nitrogen and oxygen atoms in total. The van der Waals surface area contributed by atoms with Crippen molar-refractivity contribution in [3.63, 3.8) is 0 Å². The average Bonchev–Trinajstić information content (AvgIpc) is 3.43. The Morgan fingerprint density at radius 2 is 1.57 bits per heavy atom. The number of hydrogen-bond donors (Lipinski definition) is 1. The highest BCUT2D eigenvalue weighted by atomic mass is 32.2. The summed E-state index contributed by atoms with van der Waals surface area (Å²) in [5, 5.41) is 11.9. The van der Waals surface area contributed by atoms with Crippen LogP contribution in [-0.2, 0) is 14.8 Å². The van der Waals surface area contributed by atoms with Gasteiger partial charge in [0.1, 0.15) is 0 Å². The van der Waals surface area contributed by atoms with Gasteiger partial charge in [0, 0.05) is 32.1 Å². The molecule has 5 rings (SSSR count). The van der Waals surface area contributed by atoms with Crippen molar-refractivity contribution in [1.82, 2.24) is 14.3 Å². The molecule has 0 spiro atoms. The van der Waals surface area contributed by atoms with E-state index in [4.69, 9.17) is 15.2 Å².